The van der Waals surface area contributed by atoms with Crippen LogP contribution in [-0.2, 0) is 0 Å². The second-order valence-electron chi connectivity index (χ2n) is 16.1. The van der Waals surface area contributed by atoms with E-state index in [0.717, 1.165) is 76.7 Å². The van der Waals surface area contributed by atoms with Gasteiger partial charge in [0.1, 0.15) is 11.0 Å². The van der Waals surface area contributed by atoms with Crippen molar-refractivity contribution in [2.24, 2.45) is 0 Å². The summed E-state index contributed by atoms with van der Waals surface area (Å²) in [5, 5.41) is 16.4. The molecular weight excluding hydrogens is 753 g/mol. The van der Waals surface area contributed by atoms with E-state index in [4.69, 9.17) is 19.9 Å². The second-order valence-corrected chi connectivity index (χ2v) is 16.1. The van der Waals surface area contributed by atoms with Gasteiger partial charge in [0.05, 0.1) is 0 Å². The molecule has 0 radical (unpaired) electrons. The molecule has 0 spiro atoms. The number of hydrogen-bond donors (Lipinski definition) is 0. The van der Waals surface area contributed by atoms with Gasteiger partial charge in [-0.05, 0) is 94.3 Å². The van der Waals surface area contributed by atoms with Crippen LogP contribution >= 0.6 is 0 Å². The highest BCUT2D eigenvalue weighted by atomic mass is 14.9. The predicted octanol–water partition coefficient (Wildman–Crippen LogP) is 15.2. The van der Waals surface area contributed by atoms with Crippen molar-refractivity contribution in [1.29, 1.82) is 0 Å². The molecular formula is C58H34N4. The number of fused-ring (bicyclic) bond motifs is 17. The lowest BCUT2D eigenvalue weighted by Crippen LogP contribution is -1.98. The summed E-state index contributed by atoms with van der Waals surface area (Å²) >= 11 is 0. The number of aromatic nitrogens is 4. The predicted molar refractivity (Wildman–Crippen MR) is 259 cm³/mol. The summed E-state index contributed by atoms with van der Waals surface area (Å²) < 4.78 is 0. The highest BCUT2D eigenvalue weighted by Gasteiger charge is 2.20. The fourth-order valence-corrected chi connectivity index (χ4v) is 9.86. The average Bonchev–Trinajstić information content (AvgIpc) is 3.36. The molecule has 0 amide bonds. The third kappa shape index (κ3) is 5.27. The molecule has 0 bridgehead atoms. The minimum absolute atomic E-state index is 0.647. The van der Waals surface area contributed by atoms with E-state index in [-0.39, 0.29) is 0 Å². The van der Waals surface area contributed by atoms with Crippen LogP contribution in [0, 0.1) is 0 Å². The summed E-state index contributed by atoms with van der Waals surface area (Å²) in [5.41, 5.74) is 8.00. The maximum atomic E-state index is 5.47. The molecule has 0 saturated heterocycles. The molecule has 0 fully saturated rings. The Balaban J connectivity index is 1.04. The largest absolute Gasteiger partial charge is 0.236 e. The molecule has 0 unspecified atom stereocenters. The van der Waals surface area contributed by atoms with Crippen molar-refractivity contribution in [3.05, 3.63) is 207 Å². The monoisotopic (exact) mass is 786 g/mol. The first-order chi connectivity index (χ1) is 30.7. The first kappa shape index (κ1) is 34.5. The summed E-state index contributed by atoms with van der Waals surface area (Å²) in [6, 6.07) is 69.1. The van der Waals surface area contributed by atoms with Crippen LogP contribution in [0.1, 0.15) is 0 Å². The third-order valence-electron chi connectivity index (χ3n) is 12.7. The highest BCUT2D eigenvalue weighted by Crippen LogP contribution is 2.44. The minimum atomic E-state index is 0.647. The van der Waals surface area contributed by atoms with Crippen molar-refractivity contribution in [3.8, 4) is 45.0 Å². The lowest BCUT2D eigenvalue weighted by molar-refractivity contribution is 1.21. The zero-order valence-electron chi connectivity index (χ0n) is 33.4. The SMILES string of the molecule is c1ccc(-c2cccc(-c3ncc4c(n3)c3nc(-c5cccc(-c6ccc7c8ccccc8c8ccccc8c7c6)c5)ncc3c3c5ccccc5c5ccccc5c43)c2)cc1. The number of hydrogen-bond acceptors (Lipinski definition) is 4. The molecule has 0 aliphatic heterocycles. The van der Waals surface area contributed by atoms with E-state index >= 15 is 0 Å². The highest BCUT2D eigenvalue weighted by molar-refractivity contribution is 6.38. The molecule has 4 nitrogen and oxygen atoms in total. The summed E-state index contributed by atoms with van der Waals surface area (Å²) in [6.07, 6.45) is 4.02. The van der Waals surface area contributed by atoms with Crippen molar-refractivity contribution >= 4 is 86.4 Å². The lowest BCUT2D eigenvalue weighted by atomic mass is 9.90. The van der Waals surface area contributed by atoms with E-state index in [1.54, 1.807) is 0 Å². The van der Waals surface area contributed by atoms with Gasteiger partial charge in [0, 0.05) is 45.1 Å². The summed E-state index contributed by atoms with van der Waals surface area (Å²) in [7, 11) is 0. The molecule has 286 valence electrons. The Morgan fingerprint density at radius 1 is 0.226 bits per heavy atom. The molecule has 0 N–H and O–H groups in total. The number of rotatable bonds is 4. The van der Waals surface area contributed by atoms with Gasteiger partial charge in [-0.25, -0.2) is 19.9 Å². The number of nitrogens with zero attached hydrogens (tertiary/aromatic N) is 4. The molecule has 13 aromatic rings. The molecule has 0 atom stereocenters. The van der Waals surface area contributed by atoms with Gasteiger partial charge in [0.25, 0.3) is 0 Å². The van der Waals surface area contributed by atoms with Crippen LogP contribution in [0.2, 0.25) is 0 Å². The standard InChI is InChI=1S/C58H34N4/c1-2-14-35(15-3-1)36-16-12-18-39(30-36)57-59-33-51-53-48-26-10-8-23-44(48)45-24-9-11-27-49(45)54(53)52-34-60-58(62-56(52)55(51)61-57)40-19-13-17-37(31-40)38-28-29-47-43-22-5-4-20-41(43)42-21-6-7-25-46(42)50(47)32-38/h1-34H. The van der Waals surface area contributed by atoms with Gasteiger partial charge < -0.3 is 0 Å². The van der Waals surface area contributed by atoms with Crippen molar-refractivity contribution in [1.82, 2.24) is 19.9 Å². The smallest absolute Gasteiger partial charge is 0.159 e. The second kappa shape index (κ2) is 13.6. The summed E-state index contributed by atoms with van der Waals surface area (Å²) in [4.78, 5) is 21.1. The minimum Gasteiger partial charge on any atom is -0.236 e. The first-order valence-corrected chi connectivity index (χ1v) is 21.0. The quantitative estimate of drug-likeness (QED) is 0.167. The Hall–Kier alpha value is -8.34. The van der Waals surface area contributed by atoms with Gasteiger partial charge in [-0.1, -0.05) is 176 Å². The molecule has 13 rings (SSSR count). The van der Waals surface area contributed by atoms with E-state index < -0.39 is 0 Å². The fourth-order valence-electron chi connectivity index (χ4n) is 9.86. The Morgan fingerprint density at radius 2 is 0.581 bits per heavy atom. The topological polar surface area (TPSA) is 51.6 Å². The van der Waals surface area contributed by atoms with Gasteiger partial charge in [0.2, 0.25) is 0 Å². The Bertz CT molecular complexity index is 3950. The molecule has 4 heteroatoms. The third-order valence-corrected chi connectivity index (χ3v) is 12.7. The Morgan fingerprint density at radius 3 is 1.08 bits per heavy atom. The molecule has 2 aromatic heterocycles. The fraction of sp³-hybridized carbons (Fsp3) is 0. The molecule has 2 heterocycles. The molecule has 0 saturated carbocycles. The van der Waals surface area contributed by atoms with E-state index in [9.17, 15) is 0 Å². The van der Waals surface area contributed by atoms with Crippen molar-refractivity contribution in [2.45, 2.75) is 0 Å². The van der Waals surface area contributed by atoms with Crippen LogP contribution in [0.3, 0.4) is 0 Å². The molecule has 11 aromatic carbocycles. The number of benzene rings is 11. The van der Waals surface area contributed by atoms with Gasteiger partial charge in [-0.3, -0.25) is 0 Å². The van der Waals surface area contributed by atoms with E-state index in [1.165, 1.54) is 43.1 Å². The van der Waals surface area contributed by atoms with Crippen LogP contribution in [-0.4, -0.2) is 19.9 Å². The molecule has 0 aliphatic carbocycles. The van der Waals surface area contributed by atoms with E-state index in [0.29, 0.717) is 11.6 Å². The van der Waals surface area contributed by atoms with E-state index in [1.807, 2.05) is 18.5 Å². The Kier molecular flexibility index (Phi) is 7.57. The van der Waals surface area contributed by atoms with Crippen molar-refractivity contribution in [2.75, 3.05) is 0 Å². The van der Waals surface area contributed by atoms with Crippen LogP contribution in [0.25, 0.3) is 131 Å². The summed E-state index contributed by atoms with van der Waals surface area (Å²) in [6.45, 7) is 0. The molecule has 0 aliphatic rings. The van der Waals surface area contributed by atoms with Crippen molar-refractivity contribution in [3.63, 3.8) is 0 Å². The van der Waals surface area contributed by atoms with Crippen LogP contribution in [0.15, 0.2) is 207 Å². The maximum absolute atomic E-state index is 5.47. The van der Waals surface area contributed by atoms with Crippen molar-refractivity contribution < 1.29 is 0 Å². The van der Waals surface area contributed by atoms with Crippen LogP contribution < -0.4 is 0 Å². The normalized spacial score (nSPS) is 11.9. The summed E-state index contributed by atoms with van der Waals surface area (Å²) in [5.74, 6) is 1.30. The van der Waals surface area contributed by atoms with E-state index in [2.05, 4.69) is 188 Å². The zero-order valence-corrected chi connectivity index (χ0v) is 33.4. The van der Waals surface area contributed by atoms with Gasteiger partial charge in [0.15, 0.2) is 11.6 Å². The average molecular weight is 787 g/mol. The zero-order chi connectivity index (χ0) is 40.7. The lowest BCUT2D eigenvalue weighted by Gasteiger charge is -2.16. The first-order valence-electron chi connectivity index (χ1n) is 21.0. The van der Waals surface area contributed by atoms with Gasteiger partial charge >= 0.3 is 0 Å². The van der Waals surface area contributed by atoms with Crippen LogP contribution in [0.5, 0.6) is 0 Å². The van der Waals surface area contributed by atoms with Gasteiger partial charge in [-0.2, -0.15) is 0 Å². The maximum Gasteiger partial charge on any atom is 0.159 e. The van der Waals surface area contributed by atoms with Crippen LogP contribution in [0.4, 0.5) is 0 Å². The molecule has 62 heavy (non-hydrogen) atoms. The Labute approximate surface area is 356 Å². The van der Waals surface area contributed by atoms with Gasteiger partial charge in [-0.15, -0.1) is 0 Å².